The van der Waals surface area contributed by atoms with Gasteiger partial charge in [-0.05, 0) is 50.8 Å². The molecule has 104 valence electrons. The van der Waals surface area contributed by atoms with E-state index >= 15 is 0 Å². The molecule has 0 aromatic rings. The van der Waals surface area contributed by atoms with Gasteiger partial charge in [-0.2, -0.15) is 0 Å². The van der Waals surface area contributed by atoms with Gasteiger partial charge in [0.25, 0.3) is 0 Å². The van der Waals surface area contributed by atoms with Crippen molar-refractivity contribution in [2.45, 2.75) is 47.0 Å². The molecule has 1 heterocycles. The first-order valence-corrected chi connectivity index (χ1v) is 6.97. The molecule has 19 heavy (non-hydrogen) atoms. The van der Waals surface area contributed by atoms with Crippen molar-refractivity contribution < 1.29 is 0 Å². The average molecular weight is 258 g/mol. The van der Waals surface area contributed by atoms with Gasteiger partial charge in [-0.25, -0.2) is 0 Å². The Hall–Kier alpha value is -1.70. The van der Waals surface area contributed by atoms with Gasteiger partial charge >= 0.3 is 0 Å². The van der Waals surface area contributed by atoms with E-state index in [1.807, 2.05) is 19.9 Å². The van der Waals surface area contributed by atoms with Crippen molar-refractivity contribution in [3.63, 3.8) is 0 Å². The maximum absolute atomic E-state index is 4.11. The van der Waals surface area contributed by atoms with Crippen LogP contribution in [0.15, 0.2) is 59.2 Å². The van der Waals surface area contributed by atoms with Gasteiger partial charge in [0.15, 0.2) is 0 Å². The van der Waals surface area contributed by atoms with Crippen molar-refractivity contribution in [3.8, 4) is 0 Å². The highest BCUT2D eigenvalue weighted by molar-refractivity contribution is 5.55. The fourth-order valence-corrected chi connectivity index (χ4v) is 2.23. The summed E-state index contributed by atoms with van der Waals surface area (Å²) in [4.78, 5) is 0. The largest absolute Gasteiger partial charge is 0.342 e. The fourth-order valence-electron chi connectivity index (χ4n) is 2.23. The van der Waals surface area contributed by atoms with E-state index in [0.29, 0.717) is 0 Å². The smallest absolute Gasteiger partial charge is 0.100 e. The van der Waals surface area contributed by atoms with E-state index in [1.54, 1.807) is 0 Å². The van der Waals surface area contributed by atoms with Crippen LogP contribution in [0.1, 0.15) is 47.0 Å². The summed E-state index contributed by atoms with van der Waals surface area (Å²) in [5.41, 5.74) is 5.83. The molecule has 0 radical (unpaired) electrons. The van der Waals surface area contributed by atoms with E-state index < -0.39 is 0 Å². The molecule has 1 aliphatic rings. The molecule has 0 unspecified atom stereocenters. The Morgan fingerprint density at radius 2 is 1.95 bits per heavy atom. The predicted octanol–water partition coefficient (Wildman–Crippen LogP) is 4.52. The first-order valence-electron chi connectivity index (χ1n) is 6.97. The quantitative estimate of drug-likeness (QED) is 0.757. The molecule has 0 aromatic heterocycles. The molecule has 2 nitrogen and oxygen atoms in total. The second-order valence-electron chi connectivity index (χ2n) is 5.06. The van der Waals surface area contributed by atoms with Crippen LogP contribution in [0, 0.1) is 0 Å². The summed E-state index contributed by atoms with van der Waals surface area (Å²) in [7, 11) is 0. The lowest BCUT2D eigenvalue weighted by molar-refractivity contribution is 0.746. The molecule has 0 bridgehead atoms. The van der Waals surface area contributed by atoms with Crippen LogP contribution in [0.3, 0.4) is 0 Å². The first kappa shape index (κ1) is 15.4. The van der Waals surface area contributed by atoms with Crippen LogP contribution in [0.5, 0.6) is 0 Å². The highest BCUT2D eigenvalue weighted by Gasteiger charge is 2.19. The summed E-state index contributed by atoms with van der Waals surface area (Å²) in [5.74, 6) is 0.823. The summed E-state index contributed by atoms with van der Waals surface area (Å²) >= 11 is 0. The molecule has 0 saturated carbocycles. The van der Waals surface area contributed by atoms with Gasteiger partial charge in [0.05, 0.1) is 0 Å². The molecule has 2 N–H and O–H groups in total. The van der Waals surface area contributed by atoms with Crippen LogP contribution in [-0.2, 0) is 0 Å². The van der Waals surface area contributed by atoms with Crippen molar-refractivity contribution in [2.75, 3.05) is 0 Å². The molecular weight excluding hydrogens is 232 g/mol. The third kappa shape index (κ3) is 3.88. The number of hydrogen-bond donors (Lipinski definition) is 2. The number of rotatable bonds is 5. The fraction of sp³-hybridized carbons (Fsp3) is 0.412. The average Bonchev–Trinajstić information content (AvgIpc) is 2.35. The summed E-state index contributed by atoms with van der Waals surface area (Å²) in [6.07, 6.45) is 7.62. The Labute approximate surface area is 117 Å². The lowest BCUT2D eigenvalue weighted by Crippen LogP contribution is -2.33. The molecule has 0 aromatic carbocycles. The molecule has 0 saturated heterocycles. The maximum Gasteiger partial charge on any atom is 0.100 e. The van der Waals surface area contributed by atoms with Crippen molar-refractivity contribution in [2.24, 2.45) is 0 Å². The normalized spacial score (nSPS) is 18.4. The SMILES string of the molecule is C=C1NC(/C=C\C)=C(C(=C)C)C(=C(\C)CCCC)/N1. The Bertz CT molecular complexity index is 462. The van der Waals surface area contributed by atoms with Crippen LogP contribution < -0.4 is 10.6 Å². The number of nitrogens with one attached hydrogen (secondary N) is 2. The van der Waals surface area contributed by atoms with Crippen molar-refractivity contribution in [1.29, 1.82) is 0 Å². The predicted molar refractivity (Wildman–Crippen MR) is 84.3 cm³/mol. The number of unbranched alkanes of at least 4 members (excludes halogenated alkanes) is 1. The number of allylic oxidation sites excluding steroid dienone is 4. The molecule has 0 atom stereocenters. The Kier molecular flexibility index (Phi) is 5.68. The Morgan fingerprint density at radius 1 is 1.26 bits per heavy atom. The standard InChI is InChI=1S/C17H26N2/c1-7-9-11-13(5)17-16(12(3)4)15(10-8-2)18-14(6)19-17/h8,10,18-19H,3,6-7,9,11H2,1-2,4-5H3/b10-8-,17-13-. The molecule has 0 fully saturated rings. The van der Waals surface area contributed by atoms with E-state index in [2.05, 4.69) is 43.7 Å². The highest BCUT2D eigenvalue weighted by atomic mass is 15.1. The van der Waals surface area contributed by atoms with Crippen LogP contribution in [0.2, 0.25) is 0 Å². The van der Waals surface area contributed by atoms with Gasteiger partial charge in [-0.15, -0.1) is 0 Å². The highest BCUT2D eigenvalue weighted by Crippen LogP contribution is 2.28. The van der Waals surface area contributed by atoms with Gasteiger partial charge in [-0.3, -0.25) is 0 Å². The molecule has 1 aliphatic heterocycles. The van der Waals surface area contributed by atoms with Gasteiger partial charge < -0.3 is 10.6 Å². The van der Waals surface area contributed by atoms with Crippen LogP contribution in [0.25, 0.3) is 0 Å². The van der Waals surface area contributed by atoms with Gasteiger partial charge in [0.2, 0.25) is 0 Å². The minimum atomic E-state index is 0.823. The van der Waals surface area contributed by atoms with Crippen molar-refractivity contribution in [3.05, 3.63) is 59.2 Å². The van der Waals surface area contributed by atoms with Gasteiger partial charge in [0, 0.05) is 17.0 Å². The lowest BCUT2D eigenvalue weighted by atomic mass is 9.95. The molecule has 0 spiro atoms. The first-order chi connectivity index (χ1) is 9.01. The third-order valence-electron chi connectivity index (χ3n) is 3.17. The Balaban J connectivity index is 3.30. The van der Waals surface area contributed by atoms with Crippen molar-refractivity contribution >= 4 is 0 Å². The third-order valence-corrected chi connectivity index (χ3v) is 3.17. The van der Waals surface area contributed by atoms with Gasteiger partial charge in [0.1, 0.15) is 5.82 Å². The zero-order valence-corrected chi connectivity index (χ0v) is 12.7. The van der Waals surface area contributed by atoms with E-state index in [-0.39, 0.29) is 0 Å². The van der Waals surface area contributed by atoms with Gasteiger partial charge in [-0.1, -0.05) is 32.6 Å². The molecule has 2 heteroatoms. The van der Waals surface area contributed by atoms with E-state index in [9.17, 15) is 0 Å². The van der Waals surface area contributed by atoms with E-state index in [1.165, 1.54) is 24.0 Å². The van der Waals surface area contributed by atoms with Crippen molar-refractivity contribution in [1.82, 2.24) is 10.6 Å². The second-order valence-corrected chi connectivity index (χ2v) is 5.06. The number of hydrogen-bond acceptors (Lipinski definition) is 2. The maximum atomic E-state index is 4.11. The lowest BCUT2D eigenvalue weighted by Gasteiger charge is -2.28. The molecule has 1 rings (SSSR count). The van der Waals surface area contributed by atoms with E-state index in [0.717, 1.165) is 29.2 Å². The molecular formula is C17H26N2. The zero-order chi connectivity index (χ0) is 14.4. The van der Waals surface area contributed by atoms with E-state index in [4.69, 9.17) is 0 Å². The summed E-state index contributed by atoms with van der Waals surface area (Å²) < 4.78 is 0. The minimum absolute atomic E-state index is 0.823. The topological polar surface area (TPSA) is 24.1 Å². The Morgan fingerprint density at radius 3 is 2.47 bits per heavy atom. The zero-order valence-electron chi connectivity index (χ0n) is 12.7. The monoisotopic (exact) mass is 258 g/mol. The summed E-state index contributed by atoms with van der Waals surface area (Å²) in [6.45, 7) is 16.6. The van der Waals surface area contributed by atoms with Crippen LogP contribution in [-0.4, -0.2) is 0 Å². The van der Waals surface area contributed by atoms with Crippen LogP contribution >= 0.6 is 0 Å². The molecule has 0 aliphatic carbocycles. The minimum Gasteiger partial charge on any atom is -0.342 e. The molecule has 0 amide bonds. The summed E-state index contributed by atoms with van der Waals surface area (Å²) in [6, 6.07) is 0. The van der Waals surface area contributed by atoms with Crippen LogP contribution in [0.4, 0.5) is 0 Å². The second kappa shape index (κ2) is 7.03. The summed E-state index contributed by atoms with van der Waals surface area (Å²) in [5, 5.41) is 6.65.